The van der Waals surface area contributed by atoms with Crippen molar-refractivity contribution in [3.63, 3.8) is 0 Å². The van der Waals surface area contributed by atoms with E-state index in [1.54, 1.807) is 24.3 Å². The maximum absolute atomic E-state index is 11.9. The van der Waals surface area contributed by atoms with Gasteiger partial charge in [-0.15, -0.1) is 6.58 Å². The zero-order valence-electron chi connectivity index (χ0n) is 8.51. The molecule has 1 aliphatic carbocycles. The number of carbonyl (C=O) groups is 2. The van der Waals surface area contributed by atoms with Gasteiger partial charge in [0.25, 0.3) is 0 Å². The Morgan fingerprint density at radius 2 is 1.81 bits per heavy atom. The van der Waals surface area contributed by atoms with Crippen LogP contribution >= 0.6 is 0 Å². The van der Waals surface area contributed by atoms with Crippen LogP contribution in [-0.4, -0.2) is 22.8 Å². The van der Waals surface area contributed by atoms with E-state index in [0.717, 1.165) is 0 Å². The Kier molecular flexibility index (Phi) is 2.54. The normalized spacial score (nSPS) is 16.4. The predicted molar refractivity (Wildman–Crippen MR) is 59.4 cm³/mol. The molecule has 0 amide bonds. The van der Waals surface area contributed by atoms with Gasteiger partial charge in [-0.1, -0.05) is 30.3 Å². The number of hydrogen-bond donors (Lipinski definition) is 1. The topological polar surface area (TPSA) is 54.4 Å². The minimum Gasteiger partial charge on any atom is -0.384 e. The Hall–Kier alpha value is -2.00. The molecule has 0 aliphatic heterocycles. The summed E-state index contributed by atoms with van der Waals surface area (Å²) in [7, 11) is 0. The molecule has 0 fully saturated rings. The number of benzene rings is 1. The van der Waals surface area contributed by atoms with Crippen LogP contribution in [0.4, 0.5) is 0 Å². The first-order valence-corrected chi connectivity index (χ1v) is 4.85. The third-order valence-corrected chi connectivity index (χ3v) is 2.53. The molecule has 80 valence electrons. The maximum atomic E-state index is 11.9. The lowest BCUT2D eigenvalue weighted by atomic mass is 9.87. The summed E-state index contributed by atoms with van der Waals surface area (Å²) in [4.78, 5) is 23.6. The Balaban J connectivity index is 2.55. The Morgan fingerprint density at radius 1 is 1.19 bits per heavy atom. The van der Waals surface area contributed by atoms with E-state index in [9.17, 15) is 14.7 Å². The van der Waals surface area contributed by atoms with Crippen molar-refractivity contribution in [1.82, 2.24) is 0 Å². The molecule has 0 heterocycles. The van der Waals surface area contributed by atoms with E-state index in [0.29, 0.717) is 11.1 Å². The van der Waals surface area contributed by atoms with Gasteiger partial charge in [0, 0.05) is 16.7 Å². The van der Waals surface area contributed by atoms with Crippen LogP contribution in [0.2, 0.25) is 0 Å². The molecule has 1 unspecified atom stereocenters. The van der Waals surface area contributed by atoms with E-state index in [4.69, 9.17) is 0 Å². The zero-order valence-corrected chi connectivity index (χ0v) is 8.51. The molecular formula is C13H10O3. The number of aliphatic hydroxyl groups is 1. The standard InChI is InChI=1S/C13H10O3/c1-2-11(14)10-7-12(15)8-5-3-4-6-9(8)13(10)16/h2-7,11,14H,1H2. The smallest absolute Gasteiger partial charge is 0.192 e. The summed E-state index contributed by atoms with van der Waals surface area (Å²) >= 11 is 0. The SMILES string of the molecule is C=CC(O)C1=CC(=O)c2ccccc2C1=O. The molecular weight excluding hydrogens is 204 g/mol. The zero-order chi connectivity index (χ0) is 11.7. The van der Waals surface area contributed by atoms with Gasteiger partial charge in [-0.2, -0.15) is 0 Å². The average Bonchev–Trinajstić information content (AvgIpc) is 2.33. The predicted octanol–water partition coefficient (Wildman–Crippen LogP) is 1.54. The molecule has 1 atom stereocenters. The monoisotopic (exact) mass is 214 g/mol. The lowest BCUT2D eigenvalue weighted by Gasteiger charge is -2.16. The van der Waals surface area contributed by atoms with Gasteiger partial charge in [-0.25, -0.2) is 0 Å². The van der Waals surface area contributed by atoms with E-state index in [2.05, 4.69) is 6.58 Å². The molecule has 0 bridgehead atoms. The summed E-state index contributed by atoms with van der Waals surface area (Å²) in [6.45, 7) is 3.40. The van der Waals surface area contributed by atoms with Gasteiger partial charge in [0.05, 0.1) is 0 Å². The summed E-state index contributed by atoms with van der Waals surface area (Å²) in [5.74, 6) is -0.575. The van der Waals surface area contributed by atoms with E-state index < -0.39 is 6.10 Å². The first-order chi connectivity index (χ1) is 7.65. The molecule has 1 aliphatic rings. The summed E-state index contributed by atoms with van der Waals surface area (Å²) in [5.41, 5.74) is 0.803. The highest BCUT2D eigenvalue weighted by molar-refractivity contribution is 6.24. The van der Waals surface area contributed by atoms with Crippen molar-refractivity contribution in [2.45, 2.75) is 6.10 Å². The quantitative estimate of drug-likeness (QED) is 0.760. The highest BCUT2D eigenvalue weighted by atomic mass is 16.3. The summed E-state index contributed by atoms with van der Waals surface area (Å²) in [6.07, 6.45) is 1.31. The molecule has 1 aromatic carbocycles. The van der Waals surface area contributed by atoms with Crippen LogP contribution < -0.4 is 0 Å². The summed E-state index contributed by atoms with van der Waals surface area (Å²) in [5, 5.41) is 9.54. The first-order valence-electron chi connectivity index (χ1n) is 4.85. The Morgan fingerprint density at radius 3 is 2.44 bits per heavy atom. The molecule has 3 heteroatoms. The largest absolute Gasteiger partial charge is 0.384 e. The number of rotatable bonds is 2. The second-order valence-electron chi connectivity index (χ2n) is 3.52. The molecule has 1 N–H and O–H groups in total. The van der Waals surface area contributed by atoms with Crippen LogP contribution in [-0.2, 0) is 0 Å². The number of allylic oxidation sites excluding steroid dienone is 1. The van der Waals surface area contributed by atoms with Gasteiger partial charge in [0.2, 0.25) is 0 Å². The molecule has 3 nitrogen and oxygen atoms in total. The van der Waals surface area contributed by atoms with Crippen LogP contribution in [0.3, 0.4) is 0 Å². The van der Waals surface area contributed by atoms with E-state index in [-0.39, 0.29) is 17.1 Å². The molecule has 0 spiro atoms. The van der Waals surface area contributed by atoms with Gasteiger partial charge in [0.15, 0.2) is 11.6 Å². The fraction of sp³-hybridized carbons (Fsp3) is 0.0769. The molecule has 0 aromatic heterocycles. The van der Waals surface area contributed by atoms with Gasteiger partial charge >= 0.3 is 0 Å². The van der Waals surface area contributed by atoms with Crippen LogP contribution in [0.15, 0.2) is 48.6 Å². The molecule has 0 radical (unpaired) electrons. The van der Waals surface area contributed by atoms with Crippen molar-refractivity contribution in [1.29, 1.82) is 0 Å². The summed E-state index contributed by atoms with van der Waals surface area (Å²) in [6, 6.07) is 6.57. The second-order valence-corrected chi connectivity index (χ2v) is 3.52. The van der Waals surface area contributed by atoms with Crippen LogP contribution in [0.5, 0.6) is 0 Å². The number of hydrogen-bond acceptors (Lipinski definition) is 3. The van der Waals surface area contributed by atoms with Crippen molar-refractivity contribution in [2.75, 3.05) is 0 Å². The molecule has 0 saturated carbocycles. The van der Waals surface area contributed by atoms with Crippen molar-refractivity contribution in [3.05, 3.63) is 59.7 Å². The Labute approximate surface area is 92.7 Å². The highest BCUT2D eigenvalue weighted by Crippen LogP contribution is 2.23. The van der Waals surface area contributed by atoms with Crippen molar-refractivity contribution in [2.24, 2.45) is 0 Å². The number of fused-ring (bicyclic) bond motifs is 1. The van der Waals surface area contributed by atoms with Crippen LogP contribution in [0.25, 0.3) is 0 Å². The maximum Gasteiger partial charge on any atom is 0.192 e. The van der Waals surface area contributed by atoms with E-state index in [1.807, 2.05) is 0 Å². The van der Waals surface area contributed by atoms with Crippen molar-refractivity contribution >= 4 is 11.6 Å². The third kappa shape index (κ3) is 1.51. The van der Waals surface area contributed by atoms with Gasteiger partial charge in [-0.3, -0.25) is 9.59 Å². The fourth-order valence-corrected chi connectivity index (χ4v) is 1.68. The van der Waals surface area contributed by atoms with Crippen LogP contribution in [0, 0.1) is 0 Å². The first kappa shape index (κ1) is 10.5. The Bertz CT molecular complexity index is 512. The van der Waals surface area contributed by atoms with Crippen LogP contribution in [0.1, 0.15) is 20.7 Å². The van der Waals surface area contributed by atoms with Crippen molar-refractivity contribution < 1.29 is 14.7 Å². The summed E-state index contributed by atoms with van der Waals surface area (Å²) < 4.78 is 0. The fourth-order valence-electron chi connectivity index (χ4n) is 1.68. The number of Topliss-reactive ketones (excluding diaryl/α,β-unsaturated/α-hetero) is 1. The lowest BCUT2D eigenvalue weighted by molar-refractivity contribution is 0.0961. The molecule has 16 heavy (non-hydrogen) atoms. The minimum absolute atomic E-state index is 0.0821. The molecule has 1 aromatic rings. The lowest BCUT2D eigenvalue weighted by Crippen LogP contribution is -2.23. The molecule has 0 saturated heterocycles. The number of carbonyl (C=O) groups excluding carboxylic acids is 2. The van der Waals surface area contributed by atoms with Gasteiger partial charge in [-0.05, 0) is 6.08 Å². The average molecular weight is 214 g/mol. The third-order valence-electron chi connectivity index (χ3n) is 2.53. The van der Waals surface area contributed by atoms with E-state index in [1.165, 1.54) is 12.2 Å². The number of ketones is 2. The number of aliphatic hydroxyl groups excluding tert-OH is 1. The van der Waals surface area contributed by atoms with Gasteiger partial charge in [0.1, 0.15) is 6.10 Å². The molecule has 2 rings (SSSR count). The van der Waals surface area contributed by atoms with E-state index >= 15 is 0 Å². The highest BCUT2D eigenvalue weighted by Gasteiger charge is 2.27. The minimum atomic E-state index is -1.09. The van der Waals surface area contributed by atoms with Gasteiger partial charge < -0.3 is 5.11 Å². The second kappa shape index (κ2) is 3.87. The van der Waals surface area contributed by atoms with Crippen molar-refractivity contribution in [3.8, 4) is 0 Å².